The summed E-state index contributed by atoms with van der Waals surface area (Å²) >= 11 is 6.25. The molecule has 0 spiro atoms. The van der Waals surface area contributed by atoms with Crippen LogP contribution in [0.25, 0.3) is 27.6 Å². The number of nitrogen functional groups attached to an aromatic ring is 1. The molecule has 52 heavy (non-hydrogen) atoms. The molecule has 0 radical (unpaired) electrons. The SMILES string of the molecule is Nc1ccc(-n2ncc3c(=O)n(CC4(O)CCN(C(=O)C(CCCNC(=O)c5ccc6c(Cl)ccnc6c5)Cc5ccccc5)CC4)cnc32)cc1. The van der Waals surface area contributed by atoms with Crippen molar-refractivity contribution in [2.24, 2.45) is 5.92 Å². The molecule has 1 aliphatic heterocycles. The summed E-state index contributed by atoms with van der Waals surface area (Å²) in [5, 5.41) is 20.6. The van der Waals surface area contributed by atoms with Crippen molar-refractivity contribution >= 4 is 51.0 Å². The number of halogens is 1. The zero-order chi connectivity index (χ0) is 36.2. The lowest BCUT2D eigenvalue weighted by atomic mass is 9.88. The second-order valence-corrected chi connectivity index (χ2v) is 13.8. The van der Waals surface area contributed by atoms with Crippen molar-refractivity contribution in [3.05, 3.63) is 124 Å². The molecule has 4 N–H and O–H groups in total. The Morgan fingerprint density at radius 2 is 1.75 bits per heavy atom. The molecule has 3 aromatic heterocycles. The first kappa shape index (κ1) is 34.8. The predicted molar refractivity (Wildman–Crippen MR) is 200 cm³/mol. The summed E-state index contributed by atoms with van der Waals surface area (Å²) in [4.78, 5) is 51.0. The normalized spacial score (nSPS) is 14.8. The van der Waals surface area contributed by atoms with Crippen molar-refractivity contribution < 1.29 is 14.7 Å². The van der Waals surface area contributed by atoms with Gasteiger partial charge in [0.25, 0.3) is 11.5 Å². The van der Waals surface area contributed by atoms with Gasteiger partial charge >= 0.3 is 0 Å². The van der Waals surface area contributed by atoms with Crippen LogP contribution in [0.4, 0.5) is 5.69 Å². The molecule has 1 unspecified atom stereocenters. The Morgan fingerprint density at radius 3 is 2.52 bits per heavy atom. The van der Waals surface area contributed by atoms with Gasteiger partial charge in [0.2, 0.25) is 5.91 Å². The van der Waals surface area contributed by atoms with Crippen LogP contribution in [0, 0.1) is 5.92 Å². The predicted octanol–water partition coefficient (Wildman–Crippen LogP) is 4.79. The number of hydrogen-bond donors (Lipinski definition) is 3. The molecule has 2 amide bonds. The molecule has 1 aliphatic rings. The Morgan fingerprint density at radius 1 is 0.981 bits per heavy atom. The van der Waals surface area contributed by atoms with Crippen LogP contribution in [0.1, 0.15) is 41.6 Å². The van der Waals surface area contributed by atoms with E-state index in [4.69, 9.17) is 17.3 Å². The van der Waals surface area contributed by atoms with Gasteiger partial charge in [-0.25, -0.2) is 9.67 Å². The van der Waals surface area contributed by atoms with E-state index in [0.717, 1.165) is 16.6 Å². The summed E-state index contributed by atoms with van der Waals surface area (Å²) in [7, 11) is 0. The fourth-order valence-corrected chi connectivity index (χ4v) is 7.08. The minimum atomic E-state index is -1.19. The lowest BCUT2D eigenvalue weighted by Crippen LogP contribution is -2.51. The number of pyridine rings is 1. The molecule has 6 aromatic rings. The maximum atomic E-state index is 14.0. The van der Waals surface area contributed by atoms with Crippen molar-refractivity contribution in [3.63, 3.8) is 0 Å². The van der Waals surface area contributed by atoms with Gasteiger partial charge in [0.05, 0.1) is 34.6 Å². The number of nitrogens with two attached hydrogens (primary N) is 1. The first-order chi connectivity index (χ1) is 25.2. The highest BCUT2D eigenvalue weighted by molar-refractivity contribution is 6.35. The van der Waals surface area contributed by atoms with Crippen molar-refractivity contribution in [1.29, 1.82) is 0 Å². The molecule has 266 valence electrons. The molecular weight excluding hydrogens is 680 g/mol. The van der Waals surface area contributed by atoms with Gasteiger partial charge in [0.1, 0.15) is 11.7 Å². The summed E-state index contributed by atoms with van der Waals surface area (Å²) in [6.07, 6.45) is 6.92. The first-order valence-electron chi connectivity index (χ1n) is 17.3. The van der Waals surface area contributed by atoms with Crippen LogP contribution in [0.2, 0.25) is 5.02 Å². The van der Waals surface area contributed by atoms with E-state index in [-0.39, 0.29) is 29.8 Å². The van der Waals surface area contributed by atoms with Crippen LogP contribution in [0.3, 0.4) is 0 Å². The quantitative estimate of drug-likeness (QED) is 0.127. The van der Waals surface area contributed by atoms with Gasteiger partial charge in [0.15, 0.2) is 5.65 Å². The Labute approximate surface area is 304 Å². The third kappa shape index (κ3) is 7.53. The van der Waals surface area contributed by atoms with Crippen molar-refractivity contribution in [1.82, 2.24) is 34.5 Å². The van der Waals surface area contributed by atoms with Crippen molar-refractivity contribution in [2.45, 2.75) is 44.2 Å². The fourth-order valence-electron chi connectivity index (χ4n) is 6.86. The van der Waals surface area contributed by atoms with Crippen molar-refractivity contribution in [2.75, 3.05) is 25.4 Å². The lowest BCUT2D eigenvalue weighted by molar-refractivity contribution is -0.140. The molecule has 0 bridgehead atoms. The number of fused-ring (bicyclic) bond motifs is 2. The Kier molecular flexibility index (Phi) is 10.0. The van der Waals surface area contributed by atoms with Gasteiger partial charge in [-0.1, -0.05) is 48.0 Å². The zero-order valence-electron chi connectivity index (χ0n) is 28.5. The number of nitrogens with zero attached hydrogens (tertiary/aromatic N) is 6. The monoisotopic (exact) mass is 718 g/mol. The van der Waals surface area contributed by atoms with Gasteiger partial charge in [0, 0.05) is 48.4 Å². The maximum Gasteiger partial charge on any atom is 0.264 e. The molecule has 3 aromatic carbocycles. The van der Waals surface area contributed by atoms with Crippen molar-refractivity contribution in [3.8, 4) is 5.69 Å². The molecule has 0 aliphatic carbocycles. The van der Waals surface area contributed by atoms with E-state index < -0.39 is 5.60 Å². The molecule has 1 atom stereocenters. The van der Waals surface area contributed by atoms with Crippen LogP contribution in [-0.4, -0.2) is 71.4 Å². The van der Waals surface area contributed by atoms with Crippen LogP contribution in [-0.2, 0) is 17.8 Å². The number of rotatable bonds is 11. The highest BCUT2D eigenvalue weighted by Gasteiger charge is 2.36. The van der Waals surface area contributed by atoms with Gasteiger partial charge in [-0.15, -0.1) is 0 Å². The second-order valence-electron chi connectivity index (χ2n) is 13.4. The van der Waals surface area contributed by atoms with Gasteiger partial charge in [-0.2, -0.15) is 5.10 Å². The third-order valence-electron chi connectivity index (χ3n) is 9.80. The number of aromatic nitrogens is 5. The highest BCUT2D eigenvalue weighted by Crippen LogP contribution is 2.27. The summed E-state index contributed by atoms with van der Waals surface area (Å²) in [5.41, 5.74) is 8.29. The van der Waals surface area contributed by atoms with E-state index in [9.17, 15) is 19.5 Å². The van der Waals surface area contributed by atoms with E-state index in [0.29, 0.717) is 84.6 Å². The highest BCUT2D eigenvalue weighted by atomic mass is 35.5. The van der Waals surface area contributed by atoms with Gasteiger partial charge < -0.3 is 21.1 Å². The largest absolute Gasteiger partial charge is 0.399 e. The molecule has 1 fully saturated rings. The fraction of sp³-hybridized carbons (Fsp3) is 0.282. The van der Waals surface area contributed by atoms with Crippen LogP contribution >= 0.6 is 11.6 Å². The van der Waals surface area contributed by atoms with Gasteiger partial charge in [-0.3, -0.25) is 23.9 Å². The smallest absolute Gasteiger partial charge is 0.264 e. The number of carbonyl (C=O) groups excluding carboxylic acids is 2. The number of anilines is 1. The number of amides is 2. The number of likely N-dealkylation sites (tertiary alicyclic amines) is 1. The second kappa shape index (κ2) is 14.9. The molecule has 7 rings (SSSR count). The van der Waals surface area contributed by atoms with Crippen LogP contribution in [0.5, 0.6) is 0 Å². The Balaban J connectivity index is 0.971. The number of benzene rings is 3. The number of piperidine rings is 1. The summed E-state index contributed by atoms with van der Waals surface area (Å²) in [5.74, 6) is -0.497. The average molecular weight is 719 g/mol. The molecule has 13 heteroatoms. The Hall–Kier alpha value is -5.59. The number of hydrogen-bond acceptors (Lipinski definition) is 8. The van der Waals surface area contributed by atoms with E-state index in [1.807, 2.05) is 35.2 Å². The third-order valence-corrected chi connectivity index (χ3v) is 10.1. The zero-order valence-corrected chi connectivity index (χ0v) is 29.2. The average Bonchev–Trinajstić information content (AvgIpc) is 3.59. The molecular formula is C39H39ClN8O4. The van der Waals surface area contributed by atoms with E-state index in [2.05, 4.69) is 20.4 Å². The lowest BCUT2D eigenvalue weighted by Gasteiger charge is -2.39. The summed E-state index contributed by atoms with van der Waals surface area (Å²) in [6.45, 7) is 1.18. The summed E-state index contributed by atoms with van der Waals surface area (Å²) < 4.78 is 3.00. The minimum Gasteiger partial charge on any atom is -0.399 e. The molecule has 0 saturated carbocycles. The molecule has 4 heterocycles. The molecule has 1 saturated heterocycles. The maximum absolute atomic E-state index is 14.0. The van der Waals surface area contributed by atoms with E-state index in [1.165, 1.54) is 17.1 Å². The number of carbonyl (C=O) groups is 2. The Bertz CT molecular complexity index is 2280. The molecule has 12 nitrogen and oxygen atoms in total. The summed E-state index contributed by atoms with van der Waals surface area (Å²) in [6, 6.07) is 24.0. The minimum absolute atomic E-state index is 0.0186. The topological polar surface area (TPSA) is 161 Å². The van der Waals surface area contributed by atoms with E-state index >= 15 is 0 Å². The van der Waals surface area contributed by atoms with Crippen LogP contribution in [0.15, 0.2) is 102 Å². The van der Waals surface area contributed by atoms with Crippen LogP contribution < -0.4 is 16.6 Å². The first-order valence-corrected chi connectivity index (χ1v) is 17.7. The standard InChI is InChI=1S/C39H39ClN8O4/c40-33-14-18-42-34-22-27(8-13-31(33)34)36(49)43-17-4-7-28(21-26-5-2-1-3-6-26)37(50)46-19-15-39(52,16-20-46)24-47-25-44-35-32(38(47)51)23-45-48(35)30-11-9-29(41)10-12-30/h1-3,5-6,8-14,18,22-23,25,28,52H,4,7,15-17,19-21,24,41H2,(H,43,49). The van der Waals surface area contributed by atoms with E-state index in [1.54, 1.807) is 59.4 Å². The number of nitrogens with one attached hydrogen (secondary N) is 1. The van der Waals surface area contributed by atoms with Gasteiger partial charge in [-0.05, 0) is 80.1 Å². The number of aliphatic hydroxyl groups is 1.